The Morgan fingerprint density at radius 3 is 2.65 bits per heavy atom. The predicted molar refractivity (Wildman–Crippen MR) is 117 cm³/mol. The number of anilines is 1. The molecular weight excluding hydrogens is 418 g/mol. The maximum Gasteiger partial charge on any atom is 0.263 e. The van der Waals surface area contributed by atoms with Crippen LogP contribution in [-0.4, -0.2) is 44.1 Å². The number of carbonyl (C=O) groups is 2. The molecule has 3 rings (SSSR count). The molecule has 0 radical (unpaired) electrons. The SMILES string of the molecule is O=C(CCCCCN=C1NS(=O)(=O)c2ccccc21)NCCC(=O)Nc1cccnc1. The number of sulfonamides is 1. The van der Waals surface area contributed by atoms with E-state index >= 15 is 0 Å². The Morgan fingerprint density at radius 2 is 1.84 bits per heavy atom. The Balaban J connectivity index is 1.28. The molecule has 1 aromatic carbocycles. The van der Waals surface area contributed by atoms with E-state index in [-0.39, 0.29) is 29.7 Å². The molecule has 9 nitrogen and oxygen atoms in total. The van der Waals surface area contributed by atoms with E-state index in [1.165, 1.54) is 0 Å². The van der Waals surface area contributed by atoms with Crippen molar-refractivity contribution in [2.45, 2.75) is 37.0 Å². The first-order valence-electron chi connectivity index (χ1n) is 10.1. The van der Waals surface area contributed by atoms with Crippen molar-refractivity contribution in [3.8, 4) is 0 Å². The number of aliphatic imine (C=N–C) groups is 1. The molecule has 0 unspecified atom stereocenters. The first-order valence-corrected chi connectivity index (χ1v) is 11.6. The van der Waals surface area contributed by atoms with Crippen molar-refractivity contribution in [1.29, 1.82) is 0 Å². The average Bonchev–Trinajstić information content (AvgIpc) is 3.02. The smallest absolute Gasteiger partial charge is 0.263 e. The highest BCUT2D eigenvalue weighted by Crippen LogP contribution is 2.22. The molecule has 1 aliphatic rings. The molecule has 164 valence electrons. The van der Waals surface area contributed by atoms with Gasteiger partial charge in [0.1, 0.15) is 5.84 Å². The van der Waals surface area contributed by atoms with E-state index in [4.69, 9.17) is 0 Å². The third-order valence-electron chi connectivity index (χ3n) is 4.61. The summed E-state index contributed by atoms with van der Waals surface area (Å²) < 4.78 is 26.5. The maximum atomic E-state index is 12.0. The number of rotatable bonds is 10. The van der Waals surface area contributed by atoms with Crippen LogP contribution >= 0.6 is 0 Å². The van der Waals surface area contributed by atoms with Gasteiger partial charge in [-0.1, -0.05) is 18.6 Å². The van der Waals surface area contributed by atoms with Gasteiger partial charge in [-0.3, -0.25) is 24.3 Å². The standard InChI is InChI=1S/C21H25N5O4S/c27-19(23-14-11-20(28)25-16-7-6-12-22-15-16)10-2-1-5-13-24-21-17-8-3-4-9-18(17)31(29,30)26-21/h3-4,6-9,12,15H,1-2,5,10-11,13-14H2,(H,23,27)(H,24,26)(H,25,28). The van der Waals surface area contributed by atoms with Crippen molar-refractivity contribution < 1.29 is 18.0 Å². The summed E-state index contributed by atoms with van der Waals surface area (Å²) in [5.41, 5.74) is 1.21. The van der Waals surface area contributed by atoms with E-state index < -0.39 is 10.0 Å². The molecule has 0 atom stereocenters. The van der Waals surface area contributed by atoms with Crippen LogP contribution in [0.5, 0.6) is 0 Å². The van der Waals surface area contributed by atoms with E-state index in [9.17, 15) is 18.0 Å². The van der Waals surface area contributed by atoms with Gasteiger partial charge in [0.05, 0.1) is 16.8 Å². The molecule has 2 amide bonds. The van der Waals surface area contributed by atoms with Gasteiger partial charge < -0.3 is 10.6 Å². The predicted octanol–water partition coefficient (Wildman–Crippen LogP) is 1.83. The van der Waals surface area contributed by atoms with Gasteiger partial charge in [-0.05, 0) is 37.1 Å². The summed E-state index contributed by atoms with van der Waals surface area (Å²) in [6, 6.07) is 10.2. The van der Waals surface area contributed by atoms with Crippen molar-refractivity contribution in [3.63, 3.8) is 0 Å². The summed E-state index contributed by atoms with van der Waals surface area (Å²) in [7, 11) is -3.51. The van der Waals surface area contributed by atoms with Crippen molar-refractivity contribution in [2.24, 2.45) is 4.99 Å². The van der Waals surface area contributed by atoms with Gasteiger partial charge >= 0.3 is 0 Å². The number of nitrogens with zero attached hydrogens (tertiary/aromatic N) is 2. The zero-order valence-electron chi connectivity index (χ0n) is 17.0. The minimum absolute atomic E-state index is 0.0991. The molecule has 0 spiro atoms. The number of hydrogen-bond acceptors (Lipinski definition) is 6. The molecule has 0 fully saturated rings. The van der Waals surface area contributed by atoms with Gasteiger partial charge in [0.25, 0.3) is 10.0 Å². The van der Waals surface area contributed by atoms with E-state index in [0.717, 1.165) is 12.8 Å². The molecule has 1 aromatic heterocycles. The second kappa shape index (κ2) is 10.7. The summed E-state index contributed by atoms with van der Waals surface area (Å²) in [6.45, 7) is 0.750. The lowest BCUT2D eigenvalue weighted by atomic mass is 10.2. The fourth-order valence-electron chi connectivity index (χ4n) is 3.08. The molecule has 0 saturated heterocycles. The first kappa shape index (κ1) is 22.4. The fraction of sp³-hybridized carbons (Fsp3) is 0.333. The molecule has 2 aromatic rings. The summed E-state index contributed by atoms with van der Waals surface area (Å²) in [4.78, 5) is 32.2. The molecular formula is C21H25N5O4S. The number of amidine groups is 1. The van der Waals surface area contributed by atoms with Gasteiger partial charge in [0.2, 0.25) is 11.8 Å². The monoisotopic (exact) mass is 443 g/mol. The topological polar surface area (TPSA) is 130 Å². The highest BCUT2D eigenvalue weighted by atomic mass is 32.2. The van der Waals surface area contributed by atoms with Crippen LogP contribution in [0.1, 0.15) is 37.7 Å². The third-order valence-corrected chi connectivity index (χ3v) is 6.01. The van der Waals surface area contributed by atoms with E-state index in [1.807, 2.05) is 0 Å². The lowest BCUT2D eigenvalue weighted by Gasteiger charge is -2.06. The van der Waals surface area contributed by atoms with Gasteiger partial charge in [0.15, 0.2) is 0 Å². The lowest BCUT2D eigenvalue weighted by Crippen LogP contribution is -2.27. The zero-order chi connectivity index (χ0) is 22.1. The van der Waals surface area contributed by atoms with Crippen LogP contribution in [0.25, 0.3) is 0 Å². The quantitative estimate of drug-likeness (QED) is 0.482. The molecule has 0 aliphatic carbocycles. The fourth-order valence-corrected chi connectivity index (χ4v) is 4.33. The van der Waals surface area contributed by atoms with Crippen molar-refractivity contribution in [1.82, 2.24) is 15.0 Å². The number of nitrogens with one attached hydrogen (secondary N) is 3. The molecule has 2 heterocycles. The van der Waals surface area contributed by atoms with Crippen molar-refractivity contribution in [3.05, 3.63) is 54.4 Å². The molecule has 10 heteroatoms. The maximum absolute atomic E-state index is 12.0. The van der Waals surface area contributed by atoms with E-state index in [2.05, 4.69) is 25.3 Å². The van der Waals surface area contributed by atoms with Crippen LogP contribution < -0.4 is 15.4 Å². The molecule has 31 heavy (non-hydrogen) atoms. The van der Waals surface area contributed by atoms with E-state index in [0.29, 0.717) is 36.5 Å². The van der Waals surface area contributed by atoms with Crippen LogP contribution in [0.15, 0.2) is 58.7 Å². The number of carbonyl (C=O) groups excluding carboxylic acids is 2. The molecule has 1 aliphatic heterocycles. The van der Waals surface area contributed by atoms with Crippen molar-refractivity contribution in [2.75, 3.05) is 18.4 Å². The summed E-state index contributed by atoms with van der Waals surface area (Å²) in [5, 5.41) is 5.44. The minimum atomic E-state index is -3.51. The number of amides is 2. The molecule has 0 saturated carbocycles. The number of benzene rings is 1. The van der Waals surface area contributed by atoms with Crippen LogP contribution in [0, 0.1) is 0 Å². The largest absolute Gasteiger partial charge is 0.356 e. The second-order valence-corrected chi connectivity index (χ2v) is 8.68. The van der Waals surface area contributed by atoms with Crippen LogP contribution in [0.4, 0.5) is 5.69 Å². The van der Waals surface area contributed by atoms with Crippen molar-refractivity contribution >= 4 is 33.4 Å². The lowest BCUT2D eigenvalue weighted by molar-refractivity contribution is -0.121. The van der Waals surface area contributed by atoms with Crippen LogP contribution in [0.2, 0.25) is 0 Å². The summed E-state index contributed by atoms with van der Waals surface area (Å²) in [6.07, 6.45) is 5.97. The number of aromatic nitrogens is 1. The normalized spacial score (nSPS) is 15.2. The Labute approximate surface area is 181 Å². The minimum Gasteiger partial charge on any atom is -0.356 e. The highest BCUT2D eigenvalue weighted by Gasteiger charge is 2.29. The second-order valence-electron chi connectivity index (χ2n) is 7.03. The number of unbranched alkanes of at least 4 members (excludes halogenated alkanes) is 2. The average molecular weight is 444 g/mol. The Morgan fingerprint density at radius 1 is 1.00 bits per heavy atom. The van der Waals surface area contributed by atoms with Crippen LogP contribution in [0.3, 0.4) is 0 Å². The van der Waals surface area contributed by atoms with E-state index in [1.54, 1.807) is 48.8 Å². The first-order chi connectivity index (χ1) is 15.0. The third kappa shape index (κ3) is 6.61. The van der Waals surface area contributed by atoms with Gasteiger partial charge in [-0.25, -0.2) is 8.42 Å². The highest BCUT2D eigenvalue weighted by molar-refractivity contribution is 7.90. The Hall–Kier alpha value is -3.27. The molecule has 3 N–H and O–H groups in total. The Kier molecular flexibility index (Phi) is 7.71. The Bertz CT molecular complexity index is 1050. The molecule has 0 bridgehead atoms. The van der Waals surface area contributed by atoms with Gasteiger partial charge in [0, 0.05) is 37.7 Å². The summed E-state index contributed by atoms with van der Waals surface area (Å²) >= 11 is 0. The van der Waals surface area contributed by atoms with Gasteiger partial charge in [-0.15, -0.1) is 0 Å². The summed E-state index contributed by atoms with van der Waals surface area (Å²) in [5.74, 6) is 0.0902. The number of hydrogen-bond donors (Lipinski definition) is 3. The van der Waals surface area contributed by atoms with Crippen LogP contribution in [-0.2, 0) is 19.6 Å². The zero-order valence-corrected chi connectivity index (χ0v) is 17.8. The number of fused-ring (bicyclic) bond motifs is 1. The van der Waals surface area contributed by atoms with Gasteiger partial charge in [-0.2, -0.15) is 0 Å². The number of pyridine rings is 1.